The van der Waals surface area contributed by atoms with Gasteiger partial charge in [0.15, 0.2) is 0 Å². The lowest BCUT2D eigenvalue weighted by Gasteiger charge is -2.22. The molecule has 1 aromatic heterocycles. The van der Waals surface area contributed by atoms with Gasteiger partial charge in [-0.3, -0.25) is 4.90 Å². The fraction of sp³-hybridized carbons (Fsp3) is 0.800. The molecule has 0 atom stereocenters. The Bertz CT molecular complexity index is 291. The van der Waals surface area contributed by atoms with Crippen molar-refractivity contribution in [3.05, 3.63) is 5.01 Å². The molecule has 2 N–H and O–H groups in total. The van der Waals surface area contributed by atoms with Crippen molar-refractivity contribution >= 4 is 16.5 Å². The van der Waals surface area contributed by atoms with E-state index in [2.05, 4.69) is 15.1 Å². The summed E-state index contributed by atoms with van der Waals surface area (Å²) < 4.78 is 0. The van der Waals surface area contributed by atoms with Crippen molar-refractivity contribution in [2.45, 2.75) is 38.6 Å². The summed E-state index contributed by atoms with van der Waals surface area (Å²) in [4.78, 5) is 2.47. The molecule has 1 fully saturated rings. The van der Waals surface area contributed by atoms with Crippen LogP contribution in [-0.4, -0.2) is 28.2 Å². The van der Waals surface area contributed by atoms with Crippen LogP contribution in [0.1, 0.15) is 37.1 Å². The standard InChI is InChI=1S/C10H18N4S/c11-10-13-12-9(15-10)8-14-6-4-2-1-3-5-7-14/h1-8H2,(H2,11,13). The maximum Gasteiger partial charge on any atom is 0.203 e. The number of hydrogen-bond acceptors (Lipinski definition) is 5. The normalized spacial score (nSPS) is 19.7. The van der Waals surface area contributed by atoms with Gasteiger partial charge in [0, 0.05) is 0 Å². The highest BCUT2D eigenvalue weighted by Crippen LogP contribution is 2.16. The molecule has 1 aliphatic heterocycles. The molecule has 0 radical (unpaired) electrons. The average molecular weight is 226 g/mol. The largest absolute Gasteiger partial charge is 0.374 e. The molecule has 0 amide bonds. The lowest BCUT2D eigenvalue weighted by Crippen LogP contribution is -2.26. The van der Waals surface area contributed by atoms with Crippen molar-refractivity contribution in [1.82, 2.24) is 15.1 Å². The molecule has 84 valence electrons. The predicted octanol–water partition coefficient (Wildman–Crippen LogP) is 1.89. The number of nitrogen functional groups attached to an aromatic ring is 1. The zero-order valence-corrected chi connectivity index (χ0v) is 9.80. The average Bonchev–Trinajstić information content (AvgIpc) is 2.56. The van der Waals surface area contributed by atoms with Crippen molar-refractivity contribution in [3.63, 3.8) is 0 Å². The highest BCUT2D eigenvalue weighted by molar-refractivity contribution is 7.15. The highest BCUT2D eigenvalue weighted by atomic mass is 32.1. The van der Waals surface area contributed by atoms with E-state index in [9.17, 15) is 0 Å². The molecule has 0 saturated carbocycles. The van der Waals surface area contributed by atoms with E-state index < -0.39 is 0 Å². The molecule has 4 nitrogen and oxygen atoms in total. The smallest absolute Gasteiger partial charge is 0.203 e. The molecule has 2 heterocycles. The number of likely N-dealkylation sites (tertiary alicyclic amines) is 1. The summed E-state index contributed by atoms with van der Waals surface area (Å²) in [6.07, 6.45) is 6.77. The minimum Gasteiger partial charge on any atom is -0.374 e. The van der Waals surface area contributed by atoms with Gasteiger partial charge in [0.1, 0.15) is 5.01 Å². The van der Waals surface area contributed by atoms with Crippen LogP contribution in [0.5, 0.6) is 0 Å². The Morgan fingerprint density at radius 2 is 1.73 bits per heavy atom. The number of anilines is 1. The molecule has 0 aliphatic carbocycles. The van der Waals surface area contributed by atoms with E-state index in [-0.39, 0.29) is 0 Å². The molecular weight excluding hydrogens is 208 g/mol. The van der Waals surface area contributed by atoms with Crippen LogP contribution in [0.4, 0.5) is 5.13 Å². The third-order valence-electron chi connectivity index (χ3n) is 2.79. The van der Waals surface area contributed by atoms with Crippen LogP contribution in [-0.2, 0) is 6.54 Å². The van der Waals surface area contributed by atoms with Crippen LogP contribution in [0.25, 0.3) is 0 Å². The number of hydrogen-bond donors (Lipinski definition) is 1. The van der Waals surface area contributed by atoms with Gasteiger partial charge in [0.05, 0.1) is 6.54 Å². The molecule has 0 aromatic carbocycles. The van der Waals surface area contributed by atoms with Crippen LogP contribution in [0.3, 0.4) is 0 Å². The summed E-state index contributed by atoms with van der Waals surface area (Å²) in [6, 6.07) is 0. The first-order valence-electron chi connectivity index (χ1n) is 5.65. The first kappa shape index (κ1) is 10.8. The van der Waals surface area contributed by atoms with E-state index in [1.807, 2.05) is 0 Å². The molecule has 2 rings (SSSR count). The topological polar surface area (TPSA) is 55.0 Å². The fourth-order valence-corrected chi connectivity index (χ4v) is 2.64. The van der Waals surface area contributed by atoms with E-state index in [0.29, 0.717) is 5.13 Å². The van der Waals surface area contributed by atoms with Crippen LogP contribution in [0.15, 0.2) is 0 Å². The quantitative estimate of drug-likeness (QED) is 0.836. The fourth-order valence-electron chi connectivity index (χ4n) is 1.99. The Kier molecular flexibility index (Phi) is 3.91. The Balaban J connectivity index is 1.86. The second kappa shape index (κ2) is 5.42. The number of nitrogens with two attached hydrogens (primary N) is 1. The van der Waals surface area contributed by atoms with Crippen LogP contribution >= 0.6 is 11.3 Å². The van der Waals surface area contributed by atoms with Crippen LogP contribution in [0.2, 0.25) is 0 Å². The van der Waals surface area contributed by atoms with Gasteiger partial charge in [-0.2, -0.15) is 0 Å². The molecule has 5 heteroatoms. The van der Waals surface area contributed by atoms with Crippen molar-refractivity contribution in [1.29, 1.82) is 0 Å². The molecular formula is C10H18N4S. The lowest BCUT2D eigenvalue weighted by atomic mass is 10.1. The first-order chi connectivity index (χ1) is 7.34. The van der Waals surface area contributed by atoms with Gasteiger partial charge in [-0.15, -0.1) is 10.2 Å². The monoisotopic (exact) mass is 226 g/mol. The van der Waals surface area contributed by atoms with Gasteiger partial charge in [0.25, 0.3) is 0 Å². The summed E-state index contributed by atoms with van der Waals surface area (Å²) in [5, 5.41) is 9.54. The Morgan fingerprint density at radius 3 is 2.33 bits per heavy atom. The number of aromatic nitrogens is 2. The third-order valence-corrected chi connectivity index (χ3v) is 3.53. The van der Waals surface area contributed by atoms with E-state index in [0.717, 1.165) is 11.6 Å². The Morgan fingerprint density at radius 1 is 1.07 bits per heavy atom. The zero-order chi connectivity index (χ0) is 10.5. The summed E-state index contributed by atoms with van der Waals surface area (Å²) >= 11 is 1.51. The van der Waals surface area contributed by atoms with Crippen molar-refractivity contribution in [2.75, 3.05) is 18.8 Å². The van der Waals surface area contributed by atoms with Gasteiger partial charge in [0.2, 0.25) is 5.13 Å². The van der Waals surface area contributed by atoms with Crippen molar-refractivity contribution in [3.8, 4) is 0 Å². The Labute approximate surface area is 94.5 Å². The van der Waals surface area contributed by atoms with E-state index in [4.69, 9.17) is 5.73 Å². The zero-order valence-electron chi connectivity index (χ0n) is 8.98. The summed E-state index contributed by atoms with van der Waals surface area (Å²) in [7, 11) is 0. The third kappa shape index (κ3) is 3.43. The van der Waals surface area contributed by atoms with E-state index >= 15 is 0 Å². The second-order valence-corrected chi connectivity index (χ2v) is 5.17. The molecule has 1 saturated heterocycles. The highest BCUT2D eigenvalue weighted by Gasteiger charge is 2.10. The maximum absolute atomic E-state index is 5.57. The van der Waals surface area contributed by atoms with E-state index in [1.165, 1.54) is 56.5 Å². The second-order valence-electron chi connectivity index (χ2n) is 4.08. The minimum atomic E-state index is 0.581. The minimum absolute atomic E-state index is 0.581. The van der Waals surface area contributed by atoms with Gasteiger partial charge in [-0.05, 0) is 25.9 Å². The SMILES string of the molecule is Nc1nnc(CN2CCCCCCC2)s1. The van der Waals surface area contributed by atoms with Crippen molar-refractivity contribution < 1.29 is 0 Å². The van der Waals surface area contributed by atoms with Crippen LogP contribution in [0, 0.1) is 0 Å². The maximum atomic E-state index is 5.57. The van der Waals surface area contributed by atoms with Crippen LogP contribution < -0.4 is 5.73 Å². The number of rotatable bonds is 2. The first-order valence-corrected chi connectivity index (χ1v) is 6.46. The summed E-state index contributed by atoms with van der Waals surface area (Å²) in [5.74, 6) is 0. The Hall–Kier alpha value is -0.680. The summed E-state index contributed by atoms with van der Waals surface area (Å²) in [6.45, 7) is 3.31. The summed E-state index contributed by atoms with van der Waals surface area (Å²) in [5.41, 5.74) is 5.57. The molecule has 1 aromatic rings. The predicted molar refractivity (Wildman–Crippen MR) is 62.7 cm³/mol. The molecule has 0 spiro atoms. The molecule has 1 aliphatic rings. The van der Waals surface area contributed by atoms with Gasteiger partial charge >= 0.3 is 0 Å². The van der Waals surface area contributed by atoms with Gasteiger partial charge in [-0.25, -0.2) is 0 Å². The lowest BCUT2D eigenvalue weighted by molar-refractivity contribution is 0.239. The van der Waals surface area contributed by atoms with E-state index in [1.54, 1.807) is 0 Å². The van der Waals surface area contributed by atoms with Gasteiger partial charge in [-0.1, -0.05) is 30.6 Å². The van der Waals surface area contributed by atoms with Gasteiger partial charge < -0.3 is 5.73 Å². The van der Waals surface area contributed by atoms with Crippen molar-refractivity contribution in [2.24, 2.45) is 0 Å². The molecule has 15 heavy (non-hydrogen) atoms. The number of nitrogens with zero attached hydrogens (tertiary/aromatic N) is 3. The molecule has 0 unspecified atom stereocenters. The molecule has 0 bridgehead atoms.